The Morgan fingerprint density at radius 1 is 1.09 bits per heavy atom. The van der Waals surface area contributed by atoms with Gasteiger partial charge in [-0.15, -0.1) is 23.5 Å². The molecule has 0 bridgehead atoms. The number of carbonyl (C=O) groups excluding carboxylic acids is 1. The highest BCUT2D eigenvalue weighted by Crippen LogP contribution is 2.18. The van der Waals surface area contributed by atoms with Crippen molar-refractivity contribution < 1.29 is 4.79 Å². The number of aryl methyl sites for hydroxylation is 1. The van der Waals surface area contributed by atoms with Crippen molar-refractivity contribution in [1.82, 2.24) is 0 Å². The smallest absolute Gasteiger partial charge is 0.234 e. The topological polar surface area (TPSA) is 29.1 Å². The lowest BCUT2D eigenvalue weighted by Gasteiger charge is -2.07. The standard InChI is InChI=1S/C18H21NOS2/c1-3-14-5-4-6-16(11-14)19-18(20)13-22-12-15-7-9-17(21-2)10-8-15/h4-11H,3,12-13H2,1-2H3,(H,19,20). The molecule has 0 fully saturated rings. The molecule has 0 spiro atoms. The SMILES string of the molecule is CCc1cccc(NC(=O)CSCc2ccc(SC)cc2)c1. The number of amides is 1. The van der Waals surface area contributed by atoms with Crippen LogP contribution in [0, 0.1) is 0 Å². The zero-order valence-electron chi connectivity index (χ0n) is 13.0. The molecular weight excluding hydrogens is 310 g/mol. The quantitative estimate of drug-likeness (QED) is 0.736. The van der Waals surface area contributed by atoms with Crippen LogP contribution in [0.15, 0.2) is 53.4 Å². The lowest BCUT2D eigenvalue weighted by Crippen LogP contribution is -2.14. The molecule has 22 heavy (non-hydrogen) atoms. The van der Waals surface area contributed by atoms with Gasteiger partial charge < -0.3 is 5.32 Å². The number of rotatable bonds is 7. The van der Waals surface area contributed by atoms with Crippen molar-refractivity contribution in [3.63, 3.8) is 0 Å². The van der Waals surface area contributed by atoms with Crippen molar-refractivity contribution in [1.29, 1.82) is 0 Å². The van der Waals surface area contributed by atoms with E-state index >= 15 is 0 Å². The molecule has 0 aliphatic heterocycles. The van der Waals surface area contributed by atoms with Gasteiger partial charge in [0.05, 0.1) is 5.75 Å². The molecule has 2 aromatic rings. The van der Waals surface area contributed by atoms with Crippen LogP contribution >= 0.6 is 23.5 Å². The van der Waals surface area contributed by atoms with E-state index in [1.807, 2.05) is 18.2 Å². The molecule has 2 rings (SSSR count). The van der Waals surface area contributed by atoms with Crippen LogP contribution in [0.1, 0.15) is 18.1 Å². The Labute approximate surface area is 141 Å². The summed E-state index contributed by atoms with van der Waals surface area (Å²) in [5.41, 5.74) is 3.37. The Kier molecular flexibility index (Phi) is 6.87. The average Bonchev–Trinajstić information content (AvgIpc) is 2.55. The van der Waals surface area contributed by atoms with Crippen molar-refractivity contribution in [3.8, 4) is 0 Å². The molecule has 0 saturated heterocycles. The maximum absolute atomic E-state index is 12.0. The molecule has 2 aromatic carbocycles. The minimum Gasteiger partial charge on any atom is -0.325 e. The normalized spacial score (nSPS) is 10.5. The fraction of sp³-hybridized carbons (Fsp3) is 0.278. The second-order valence-electron chi connectivity index (χ2n) is 4.94. The maximum atomic E-state index is 12.0. The molecule has 0 aromatic heterocycles. The molecule has 0 atom stereocenters. The van der Waals surface area contributed by atoms with Crippen LogP contribution in [0.25, 0.3) is 0 Å². The fourth-order valence-corrected chi connectivity index (χ4v) is 3.25. The number of benzene rings is 2. The second-order valence-corrected chi connectivity index (χ2v) is 6.81. The van der Waals surface area contributed by atoms with Crippen LogP contribution in [-0.4, -0.2) is 17.9 Å². The van der Waals surface area contributed by atoms with Crippen molar-refractivity contribution in [3.05, 3.63) is 59.7 Å². The van der Waals surface area contributed by atoms with Gasteiger partial charge in [0.2, 0.25) is 5.91 Å². The lowest BCUT2D eigenvalue weighted by molar-refractivity contribution is -0.113. The number of carbonyl (C=O) groups is 1. The Hall–Kier alpha value is -1.39. The molecule has 0 radical (unpaired) electrons. The molecule has 0 unspecified atom stereocenters. The predicted molar refractivity (Wildman–Crippen MR) is 98.8 cm³/mol. The number of hydrogen-bond acceptors (Lipinski definition) is 3. The van der Waals surface area contributed by atoms with E-state index < -0.39 is 0 Å². The van der Waals surface area contributed by atoms with Gasteiger partial charge in [-0.1, -0.05) is 31.2 Å². The highest BCUT2D eigenvalue weighted by molar-refractivity contribution is 7.99. The van der Waals surface area contributed by atoms with E-state index in [-0.39, 0.29) is 5.91 Å². The molecule has 0 aliphatic carbocycles. The van der Waals surface area contributed by atoms with Crippen molar-refractivity contribution in [2.45, 2.75) is 24.0 Å². The Morgan fingerprint density at radius 2 is 1.86 bits per heavy atom. The van der Waals surface area contributed by atoms with Crippen LogP contribution in [0.3, 0.4) is 0 Å². The van der Waals surface area contributed by atoms with E-state index in [0.717, 1.165) is 17.9 Å². The minimum atomic E-state index is 0.0546. The molecule has 0 heterocycles. The van der Waals surface area contributed by atoms with E-state index in [2.05, 4.69) is 48.8 Å². The molecule has 2 nitrogen and oxygen atoms in total. The van der Waals surface area contributed by atoms with Gasteiger partial charge in [-0.3, -0.25) is 4.79 Å². The summed E-state index contributed by atoms with van der Waals surface area (Å²) in [6, 6.07) is 16.5. The van der Waals surface area contributed by atoms with Gasteiger partial charge in [-0.05, 0) is 48.1 Å². The van der Waals surface area contributed by atoms with E-state index in [9.17, 15) is 4.79 Å². The first-order chi connectivity index (χ1) is 10.7. The van der Waals surface area contributed by atoms with Gasteiger partial charge in [0.1, 0.15) is 0 Å². The number of hydrogen-bond donors (Lipinski definition) is 1. The summed E-state index contributed by atoms with van der Waals surface area (Å²) in [5, 5.41) is 2.96. The average molecular weight is 332 g/mol. The fourth-order valence-electron chi connectivity index (χ4n) is 2.05. The largest absolute Gasteiger partial charge is 0.325 e. The van der Waals surface area contributed by atoms with Crippen molar-refractivity contribution >= 4 is 35.1 Å². The highest BCUT2D eigenvalue weighted by Gasteiger charge is 2.04. The van der Waals surface area contributed by atoms with Crippen LogP contribution < -0.4 is 5.32 Å². The van der Waals surface area contributed by atoms with Crippen molar-refractivity contribution in [2.75, 3.05) is 17.3 Å². The molecule has 1 N–H and O–H groups in total. The maximum Gasteiger partial charge on any atom is 0.234 e. The monoisotopic (exact) mass is 331 g/mol. The predicted octanol–water partition coefficient (Wildman–Crippen LogP) is 4.84. The van der Waals surface area contributed by atoms with Gasteiger partial charge in [-0.2, -0.15) is 0 Å². The summed E-state index contributed by atoms with van der Waals surface area (Å²) < 4.78 is 0. The third-order valence-electron chi connectivity index (χ3n) is 3.28. The molecule has 1 amide bonds. The first-order valence-corrected chi connectivity index (χ1v) is 9.68. The first-order valence-electron chi connectivity index (χ1n) is 7.30. The molecule has 0 aliphatic rings. The molecule has 0 saturated carbocycles. The summed E-state index contributed by atoms with van der Waals surface area (Å²) in [4.78, 5) is 13.2. The molecule has 116 valence electrons. The first kappa shape index (κ1) is 17.0. The van der Waals surface area contributed by atoms with Gasteiger partial charge >= 0.3 is 0 Å². The Bertz CT molecular complexity index is 611. The zero-order valence-corrected chi connectivity index (χ0v) is 14.6. The summed E-state index contributed by atoms with van der Waals surface area (Å²) in [5.74, 6) is 1.39. The van der Waals surface area contributed by atoms with E-state index in [4.69, 9.17) is 0 Å². The van der Waals surface area contributed by atoms with E-state index in [0.29, 0.717) is 5.75 Å². The van der Waals surface area contributed by atoms with Crippen LogP contribution in [0.5, 0.6) is 0 Å². The second kappa shape index (κ2) is 8.91. The molecular formula is C18H21NOS2. The van der Waals surface area contributed by atoms with E-state index in [1.165, 1.54) is 16.0 Å². The van der Waals surface area contributed by atoms with Gasteiger partial charge in [-0.25, -0.2) is 0 Å². The number of thioether (sulfide) groups is 2. The van der Waals surface area contributed by atoms with Crippen LogP contribution in [0.2, 0.25) is 0 Å². The summed E-state index contributed by atoms with van der Waals surface area (Å²) >= 11 is 3.38. The van der Waals surface area contributed by atoms with Gasteiger partial charge in [0.15, 0.2) is 0 Å². The Balaban J connectivity index is 1.77. The van der Waals surface area contributed by atoms with E-state index in [1.54, 1.807) is 23.5 Å². The van der Waals surface area contributed by atoms with Crippen LogP contribution in [-0.2, 0) is 17.0 Å². The summed E-state index contributed by atoms with van der Waals surface area (Å²) in [6.45, 7) is 2.11. The minimum absolute atomic E-state index is 0.0546. The molecule has 4 heteroatoms. The van der Waals surface area contributed by atoms with Crippen molar-refractivity contribution in [2.24, 2.45) is 0 Å². The number of nitrogens with one attached hydrogen (secondary N) is 1. The Morgan fingerprint density at radius 3 is 2.55 bits per heavy atom. The third kappa shape index (κ3) is 5.43. The highest BCUT2D eigenvalue weighted by atomic mass is 32.2. The lowest BCUT2D eigenvalue weighted by atomic mass is 10.1. The van der Waals surface area contributed by atoms with Crippen LogP contribution in [0.4, 0.5) is 5.69 Å². The summed E-state index contributed by atoms with van der Waals surface area (Å²) in [7, 11) is 0. The van der Waals surface area contributed by atoms with Gasteiger partial charge in [0, 0.05) is 16.3 Å². The third-order valence-corrected chi connectivity index (χ3v) is 5.03. The van der Waals surface area contributed by atoms with Gasteiger partial charge in [0.25, 0.3) is 0 Å². The summed E-state index contributed by atoms with van der Waals surface area (Å²) in [6.07, 6.45) is 3.05. The number of anilines is 1. The zero-order chi connectivity index (χ0) is 15.8.